The molecule has 0 spiro atoms. The van der Waals surface area contributed by atoms with E-state index < -0.39 is 10.0 Å². The van der Waals surface area contributed by atoms with Gasteiger partial charge in [0.15, 0.2) is 0 Å². The quantitative estimate of drug-likeness (QED) is 0.942. The highest BCUT2D eigenvalue weighted by molar-refractivity contribution is 7.93. The first-order valence-electron chi connectivity index (χ1n) is 5.29. The highest BCUT2D eigenvalue weighted by atomic mass is 35.5. The Balaban J connectivity index is 2.44. The molecule has 0 saturated carbocycles. The Morgan fingerprint density at radius 3 is 2.37 bits per heavy atom. The lowest BCUT2D eigenvalue weighted by molar-refractivity contribution is 0.601. The Morgan fingerprint density at radius 1 is 1.16 bits per heavy atom. The van der Waals surface area contributed by atoms with Crippen molar-refractivity contribution in [2.75, 3.05) is 4.72 Å². The number of aromatic nitrogens is 1. The molecule has 4 nitrogen and oxygen atoms in total. The number of nitrogens with zero attached hydrogens (tertiary/aromatic N) is 1. The molecule has 2 aromatic rings. The molecule has 1 aromatic heterocycles. The molecule has 0 radical (unpaired) electrons. The summed E-state index contributed by atoms with van der Waals surface area (Å²) < 4.78 is 26.8. The lowest BCUT2D eigenvalue weighted by Crippen LogP contribution is -2.15. The number of sulfonamides is 1. The van der Waals surface area contributed by atoms with E-state index in [0.29, 0.717) is 0 Å². The second-order valence-electron chi connectivity index (χ2n) is 3.87. The van der Waals surface area contributed by atoms with Gasteiger partial charge >= 0.3 is 0 Å². The SMILES string of the molecule is Cc1ccnc(NS(=O)(=O)c2c(Cl)cccc2Cl)c1. The van der Waals surface area contributed by atoms with Crippen LogP contribution in [0.15, 0.2) is 41.4 Å². The fraction of sp³-hybridized carbons (Fsp3) is 0.0833. The highest BCUT2D eigenvalue weighted by Crippen LogP contribution is 2.30. The zero-order valence-electron chi connectivity index (χ0n) is 9.89. The van der Waals surface area contributed by atoms with Crippen LogP contribution < -0.4 is 4.72 Å². The average Bonchev–Trinajstić information content (AvgIpc) is 2.27. The fourth-order valence-electron chi connectivity index (χ4n) is 1.52. The number of hydrogen-bond acceptors (Lipinski definition) is 3. The smallest absolute Gasteiger partial charge is 0.263 e. The van der Waals surface area contributed by atoms with Crippen molar-refractivity contribution in [2.45, 2.75) is 11.8 Å². The van der Waals surface area contributed by atoms with Crippen LogP contribution >= 0.6 is 23.2 Å². The van der Waals surface area contributed by atoms with Crippen molar-refractivity contribution in [3.05, 3.63) is 52.1 Å². The molecule has 0 fully saturated rings. The largest absolute Gasteiger partial charge is 0.266 e. The van der Waals surface area contributed by atoms with E-state index in [1.54, 1.807) is 18.2 Å². The number of benzene rings is 1. The van der Waals surface area contributed by atoms with Crippen molar-refractivity contribution >= 4 is 39.0 Å². The predicted molar refractivity (Wildman–Crippen MR) is 76.2 cm³/mol. The number of nitrogens with one attached hydrogen (secondary N) is 1. The van der Waals surface area contributed by atoms with Crippen molar-refractivity contribution in [2.24, 2.45) is 0 Å². The molecule has 1 heterocycles. The van der Waals surface area contributed by atoms with E-state index in [4.69, 9.17) is 23.2 Å². The van der Waals surface area contributed by atoms with Gasteiger partial charge in [-0.1, -0.05) is 29.3 Å². The van der Waals surface area contributed by atoms with E-state index in [1.807, 2.05) is 6.92 Å². The molecule has 0 aliphatic heterocycles. The Bertz CT molecular complexity index is 697. The molecule has 1 N–H and O–H groups in total. The van der Waals surface area contributed by atoms with Gasteiger partial charge in [-0.05, 0) is 36.8 Å². The Kier molecular flexibility index (Phi) is 3.99. The summed E-state index contributed by atoms with van der Waals surface area (Å²) in [7, 11) is -3.87. The van der Waals surface area contributed by atoms with Gasteiger partial charge in [-0.3, -0.25) is 4.72 Å². The third-order valence-electron chi connectivity index (χ3n) is 2.34. The van der Waals surface area contributed by atoms with Gasteiger partial charge in [0, 0.05) is 6.20 Å². The third-order valence-corrected chi connectivity index (χ3v) is 4.65. The molecule has 0 bridgehead atoms. The first-order valence-corrected chi connectivity index (χ1v) is 7.53. The normalized spacial score (nSPS) is 11.3. The maximum Gasteiger partial charge on any atom is 0.266 e. The first kappa shape index (κ1) is 14.1. The van der Waals surface area contributed by atoms with Gasteiger partial charge < -0.3 is 0 Å². The van der Waals surface area contributed by atoms with Crippen molar-refractivity contribution in [3.8, 4) is 0 Å². The number of hydrogen-bond donors (Lipinski definition) is 1. The summed E-state index contributed by atoms with van der Waals surface area (Å²) in [4.78, 5) is 3.78. The monoisotopic (exact) mass is 316 g/mol. The highest BCUT2D eigenvalue weighted by Gasteiger charge is 2.21. The van der Waals surface area contributed by atoms with E-state index in [1.165, 1.54) is 18.3 Å². The van der Waals surface area contributed by atoms with E-state index in [-0.39, 0.29) is 20.8 Å². The minimum Gasteiger partial charge on any atom is -0.263 e. The predicted octanol–water partition coefficient (Wildman–Crippen LogP) is 3.50. The second kappa shape index (κ2) is 5.36. The van der Waals surface area contributed by atoms with Crippen LogP contribution in [0.5, 0.6) is 0 Å². The summed E-state index contributed by atoms with van der Waals surface area (Å²) in [6.07, 6.45) is 1.52. The summed E-state index contributed by atoms with van der Waals surface area (Å²) in [5.74, 6) is 0.219. The van der Waals surface area contributed by atoms with Crippen LogP contribution in [0, 0.1) is 6.92 Å². The van der Waals surface area contributed by atoms with Crippen LogP contribution in [0.4, 0.5) is 5.82 Å². The van der Waals surface area contributed by atoms with Gasteiger partial charge in [0.1, 0.15) is 10.7 Å². The van der Waals surface area contributed by atoms with E-state index >= 15 is 0 Å². The maximum absolute atomic E-state index is 12.2. The molecule has 0 amide bonds. The molecule has 2 rings (SSSR count). The minimum absolute atomic E-state index is 0.0626. The van der Waals surface area contributed by atoms with Crippen molar-refractivity contribution in [3.63, 3.8) is 0 Å². The molecule has 0 aliphatic carbocycles. The van der Waals surface area contributed by atoms with E-state index in [2.05, 4.69) is 9.71 Å². The zero-order chi connectivity index (χ0) is 14.0. The van der Waals surface area contributed by atoms with Crippen LogP contribution in [0.3, 0.4) is 0 Å². The van der Waals surface area contributed by atoms with Gasteiger partial charge in [0.2, 0.25) is 0 Å². The summed E-state index contributed by atoms with van der Waals surface area (Å²) in [5.41, 5.74) is 0.887. The summed E-state index contributed by atoms with van der Waals surface area (Å²) in [5, 5.41) is 0.125. The van der Waals surface area contributed by atoms with Crippen LogP contribution in [-0.4, -0.2) is 13.4 Å². The van der Waals surface area contributed by atoms with E-state index in [9.17, 15) is 8.42 Å². The van der Waals surface area contributed by atoms with Gasteiger partial charge in [0.05, 0.1) is 10.0 Å². The molecule has 0 aliphatic rings. The lowest BCUT2D eigenvalue weighted by Gasteiger charge is -2.10. The second-order valence-corrected chi connectivity index (χ2v) is 6.31. The first-order chi connectivity index (χ1) is 8.90. The van der Waals surface area contributed by atoms with Crippen LogP contribution in [0.1, 0.15) is 5.56 Å². The summed E-state index contributed by atoms with van der Waals surface area (Å²) in [6.45, 7) is 1.84. The standard InChI is InChI=1S/C12H10Cl2N2O2S/c1-8-5-6-15-11(7-8)16-19(17,18)12-9(13)3-2-4-10(12)14/h2-7H,1H3,(H,15,16). The molecule has 0 saturated heterocycles. The summed E-state index contributed by atoms with van der Waals surface area (Å²) >= 11 is 11.8. The van der Waals surface area contributed by atoms with Crippen LogP contribution in [-0.2, 0) is 10.0 Å². The van der Waals surface area contributed by atoms with Crippen molar-refractivity contribution in [1.82, 2.24) is 4.98 Å². The topological polar surface area (TPSA) is 59.1 Å². The number of halogens is 2. The van der Waals surface area contributed by atoms with Crippen molar-refractivity contribution in [1.29, 1.82) is 0 Å². The molecule has 7 heteroatoms. The molecule has 0 unspecified atom stereocenters. The van der Waals surface area contributed by atoms with Crippen molar-refractivity contribution < 1.29 is 8.42 Å². The molecular formula is C12H10Cl2N2O2S. The molecular weight excluding hydrogens is 307 g/mol. The Hall–Kier alpha value is -1.30. The van der Waals surface area contributed by atoms with Gasteiger partial charge in [-0.15, -0.1) is 0 Å². The maximum atomic E-state index is 12.2. The number of anilines is 1. The Morgan fingerprint density at radius 2 is 1.79 bits per heavy atom. The van der Waals surface area contributed by atoms with Gasteiger partial charge in [-0.25, -0.2) is 13.4 Å². The lowest BCUT2D eigenvalue weighted by atomic mass is 10.3. The molecule has 100 valence electrons. The third kappa shape index (κ3) is 3.18. The van der Waals surface area contributed by atoms with Crippen LogP contribution in [0.2, 0.25) is 10.0 Å². The number of aryl methyl sites for hydroxylation is 1. The van der Waals surface area contributed by atoms with Gasteiger partial charge in [0.25, 0.3) is 10.0 Å². The van der Waals surface area contributed by atoms with Gasteiger partial charge in [-0.2, -0.15) is 0 Å². The molecule has 0 atom stereocenters. The Labute approximate surface area is 121 Å². The number of pyridine rings is 1. The van der Waals surface area contributed by atoms with Crippen LogP contribution in [0.25, 0.3) is 0 Å². The zero-order valence-corrected chi connectivity index (χ0v) is 12.2. The fourth-order valence-corrected chi connectivity index (χ4v) is 3.67. The minimum atomic E-state index is -3.87. The summed E-state index contributed by atoms with van der Waals surface area (Å²) in [6, 6.07) is 7.88. The number of rotatable bonds is 3. The average molecular weight is 317 g/mol. The van der Waals surface area contributed by atoms with E-state index in [0.717, 1.165) is 5.56 Å². The molecule has 19 heavy (non-hydrogen) atoms. The molecule has 1 aromatic carbocycles.